The Labute approximate surface area is 114 Å². The molecule has 1 aromatic heterocycles. The maximum Gasteiger partial charge on any atom is 0.218 e. The molecule has 19 heavy (non-hydrogen) atoms. The number of nitrogens with one attached hydrogen (secondary N) is 1. The molecule has 0 amide bonds. The fourth-order valence-electron chi connectivity index (χ4n) is 2.45. The average Bonchev–Trinajstić information content (AvgIpc) is 2.38. The van der Waals surface area contributed by atoms with Gasteiger partial charge in [-0.1, -0.05) is 0 Å². The van der Waals surface area contributed by atoms with Crippen molar-refractivity contribution in [2.75, 3.05) is 18.5 Å². The summed E-state index contributed by atoms with van der Waals surface area (Å²) < 4.78 is 5.41. The number of hydrogen-bond acceptors (Lipinski definition) is 5. The zero-order valence-corrected chi connectivity index (χ0v) is 11.7. The van der Waals surface area contributed by atoms with Crippen molar-refractivity contribution in [1.29, 1.82) is 0 Å². The third-order valence-corrected chi connectivity index (χ3v) is 3.49. The van der Waals surface area contributed by atoms with Crippen LogP contribution < -0.4 is 10.1 Å². The molecule has 0 aromatic carbocycles. The van der Waals surface area contributed by atoms with Gasteiger partial charge in [0.2, 0.25) is 5.88 Å². The Hall–Kier alpha value is -1.36. The minimum absolute atomic E-state index is 0.0953. The average molecular weight is 265 g/mol. The third-order valence-electron chi connectivity index (χ3n) is 3.49. The Morgan fingerprint density at radius 3 is 2.74 bits per heavy atom. The second-order valence-corrected chi connectivity index (χ2v) is 5.13. The summed E-state index contributed by atoms with van der Waals surface area (Å²) in [7, 11) is 0. The van der Waals surface area contributed by atoms with Crippen LogP contribution in [-0.2, 0) is 0 Å². The lowest BCUT2D eigenvalue weighted by Gasteiger charge is -2.25. The molecule has 1 heterocycles. The van der Waals surface area contributed by atoms with Gasteiger partial charge in [-0.2, -0.15) is 4.98 Å². The highest BCUT2D eigenvalue weighted by molar-refractivity contribution is 5.38. The van der Waals surface area contributed by atoms with E-state index in [1.54, 1.807) is 0 Å². The summed E-state index contributed by atoms with van der Waals surface area (Å²) in [5.74, 6) is 2.78. The summed E-state index contributed by atoms with van der Waals surface area (Å²) in [5.41, 5.74) is 0. The Balaban J connectivity index is 1.88. The summed E-state index contributed by atoms with van der Waals surface area (Å²) >= 11 is 0. The molecule has 0 radical (unpaired) electrons. The van der Waals surface area contributed by atoms with Gasteiger partial charge in [0, 0.05) is 12.6 Å². The minimum Gasteiger partial charge on any atom is -0.478 e. The zero-order chi connectivity index (χ0) is 13.7. The van der Waals surface area contributed by atoms with Crippen LogP contribution in [0.25, 0.3) is 0 Å². The molecule has 0 bridgehead atoms. The number of rotatable bonds is 5. The van der Waals surface area contributed by atoms with E-state index in [1.807, 2.05) is 19.9 Å². The molecule has 0 unspecified atom stereocenters. The van der Waals surface area contributed by atoms with Crippen molar-refractivity contribution in [3.05, 3.63) is 11.9 Å². The van der Waals surface area contributed by atoms with E-state index in [1.165, 1.54) is 0 Å². The Morgan fingerprint density at radius 1 is 1.32 bits per heavy atom. The van der Waals surface area contributed by atoms with Gasteiger partial charge >= 0.3 is 0 Å². The van der Waals surface area contributed by atoms with Gasteiger partial charge in [-0.25, -0.2) is 4.98 Å². The largest absolute Gasteiger partial charge is 0.478 e. The van der Waals surface area contributed by atoms with Crippen molar-refractivity contribution >= 4 is 5.82 Å². The number of aromatic nitrogens is 2. The summed E-state index contributed by atoms with van der Waals surface area (Å²) in [6.45, 7) is 5.31. The van der Waals surface area contributed by atoms with Crippen molar-refractivity contribution in [1.82, 2.24) is 9.97 Å². The lowest BCUT2D eigenvalue weighted by atomic mass is 9.87. The number of ether oxygens (including phenoxy) is 1. The maximum absolute atomic E-state index is 9.49. The molecule has 0 spiro atoms. The first-order valence-corrected chi connectivity index (χ1v) is 7.07. The SMILES string of the molecule is CCOc1cc(NCC2CCC(O)CC2)nc(C)n1. The molecule has 1 aliphatic rings. The molecule has 2 N–H and O–H groups in total. The van der Waals surface area contributed by atoms with E-state index in [4.69, 9.17) is 4.74 Å². The third kappa shape index (κ3) is 4.35. The number of anilines is 1. The summed E-state index contributed by atoms with van der Waals surface area (Å²) in [6.07, 6.45) is 3.90. The molecule has 5 heteroatoms. The molecule has 0 aliphatic heterocycles. The summed E-state index contributed by atoms with van der Waals surface area (Å²) in [5, 5.41) is 12.8. The summed E-state index contributed by atoms with van der Waals surface area (Å²) in [6, 6.07) is 1.84. The number of aliphatic hydroxyl groups excluding tert-OH is 1. The molecule has 0 saturated heterocycles. The van der Waals surface area contributed by atoms with Gasteiger partial charge in [-0.05, 0) is 45.4 Å². The van der Waals surface area contributed by atoms with Gasteiger partial charge < -0.3 is 15.2 Å². The van der Waals surface area contributed by atoms with Gasteiger partial charge in [-0.3, -0.25) is 0 Å². The molecule has 1 fully saturated rings. The van der Waals surface area contributed by atoms with E-state index >= 15 is 0 Å². The van der Waals surface area contributed by atoms with E-state index in [9.17, 15) is 5.11 Å². The van der Waals surface area contributed by atoms with Gasteiger partial charge in [-0.15, -0.1) is 0 Å². The topological polar surface area (TPSA) is 67.3 Å². The normalized spacial score (nSPS) is 23.1. The van der Waals surface area contributed by atoms with Crippen LogP contribution in [0, 0.1) is 12.8 Å². The Kier molecular flexibility index (Phi) is 4.96. The van der Waals surface area contributed by atoms with Gasteiger partial charge in [0.25, 0.3) is 0 Å². The number of aryl methyl sites for hydroxylation is 1. The molecule has 2 rings (SSSR count). The van der Waals surface area contributed by atoms with Crippen LogP contribution in [0.1, 0.15) is 38.4 Å². The zero-order valence-electron chi connectivity index (χ0n) is 11.7. The highest BCUT2D eigenvalue weighted by Crippen LogP contribution is 2.24. The van der Waals surface area contributed by atoms with Crippen molar-refractivity contribution in [3.8, 4) is 5.88 Å². The lowest BCUT2D eigenvalue weighted by Crippen LogP contribution is -2.23. The van der Waals surface area contributed by atoms with Crippen LogP contribution in [0.5, 0.6) is 5.88 Å². The van der Waals surface area contributed by atoms with Gasteiger partial charge in [0.15, 0.2) is 0 Å². The molecular formula is C14H23N3O2. The fourth-order valence-corrected chi connectivity index (χ4v) is 2.45. The molecule has 0 atom stereocenters. The molecule has 1 aliphatic carbocycles. The lowest BCUT2D eigenvalue weighted by molar-refractivity contribution is 0.111. The fraction of sp³-hybridized carbons (Fsp3) is 0.714. The van der Waals surface area contributed by atoms with Gasteiger partial charge in [0.05, 0.1) is 12.7 Å². The minimum atomic E-state index is -0.0953. The van der Waals surface area contributed by atoms with Gasteiger partial charge in [0.1, 0.15) is 11.6 Å². The molecule has 1 aromatic rings. The molecule has 1 saturated carbocycles. The number of nitrogens with zero attached hydrogens (tertiary/aromatic N) is 2. The highest BCUT2D eigenvalue weighted by atomic mass is 16.5. The van der Waals surface area contributed by atoms with E-state index in [0.717, 1.165) is 38.0 Å². The predicted molar refractivity (Wildman–Crippen MR) is 74.4 cm³/mol. The van der Waals surface area contributed by atoms with Crippen LogP contribution in [-0.4, -0.2) is 34.3 Å². The van der Waals surface area contributed by atoms with Crippen molar-refractivity contribution in [2.45, 2.75) is 45.6 Å². The van der Waals surface area contributed by atoms with Crippen molar-refractivity contribution in [3.63, 3.8) is 0 Å². The van der Waals surface area contributed by atoms with E-state index < -0.39 is 0 Å². The summed E-state index contributed by atoms with van der Waals surface area (Å²) in [4.78, 5) is 8.59. The van der Waals surface area contributed by atoms with E-state index in [-0.39, 0.29) is 6.10 Å². The quantitative estimate of drug-likeness (QED) is 0.854. The van der Waals surface area contributed by atoms with Crippen molar-refractivity contribution in [2.24, 2.45) is 5.92 Å². The second-order valence-electron chi connectivity index (χ2n) is 5.13. The molecule has 5 nitrogen and oxygen atoms in total. The maximum atomic E-state index is 9.49. The first-order valence-electron chi connectivity index (χ1n) is 7.07. The van der Waals surface area contributed by atoms with Crippen LogP contribution in [0.4, 0.5) is 5.82 Å². The van der Waals surface area contributed by atoms with Crippen LogP contribution >= 0.6 is 0 Å². The molecular weight excluding hydrogens is 242 g/mol. The Morgan fingerprint density at radius 2 is 2.05 bits per heavy atom. The first kappa shape index (κ1) is 14.1. The van der Waals surface area contributed by atoms with Crippen LogP contribution in [0.3, 0.4) is 0 Å². The second kappa shape index (κ2) is 6.70. The van der Waals surface area contributed by atoms with Crippen molar-refractivity contribution < 1.29 is 9.84 Å². The predicted octanol–water partition coefficient (Wildman–Crippen LogP) is 2.15. The van der Waals surface area contributed by atoms with Crippen LogP contribution in [0.15, 0.2) is 6.07 Å². The monoisotopic (exact) mass is 265 g/mol. The number of hydrogen-bond donors (Lipinski definition) is 2. The standard InChI is InChI=1S/C14H23N3O2/c1-3-19-14-8-13(16-10(2)17-14)15-9-11-4-6-12(18)7-5-11/h8,11-12,18H,3-7,9H2,1-2H3,(H,15,16,17). The van der Waals surface area contributed by atoms with E-state index in [2.05, 4.69) is 15.3 Å². The number of aliphatic hydroxyl groups is 1. The van der Waals surface area contributed by atoms with Crippen LogP contribution in [0.2, 0.25) is 0 Å². The first-order chi connectivity index (χ1) is 9.17. The van der Waals surface area contributed by atoms with E-state index in [0.29, 0.717) is 24.2 Å². The molecule has 106 valence electrons. The Bertz CT molecular complexity index is 404. The smallest absolute Gasteiger partial charge is 0.218 e. The highest BCUT2D eigenvalue weighted by Gasteiger charge is 2.19.